The number of hydrogen-bond acceptors (Lipinski definition) is 9. The summed E-state index contributed by atoms with van der Waals surface area (Å²) in [4.78, 5) is 34.8. The lowest BCUT2D eigenvalue weighted by Gasteiger charge is -2.03. The maximum Gasteiger partial charge on any atom is 0.314 e. The zero-order valence-corrected chi connectivity index (χ0v) is 14.9. The number of rotatable bonds is 7. The van der Waals surface area contributed by atoms with E-state index in [0.29, 0.717) is 27.4 Å². The molecule has 1 amide bonds. The zero-order valence-electron chi connectivity index (χ0n) is 13.3. The molecule has 132 valence electrons. The highest BCUT2D eigenvalue weighted by Crippen LogP contribution is 2.31. The van der Waals surface area contributed by atoms with Gasteiger partial charge in [0.25, 0.3) is 0 Å². The largest absolute Gasteiger partial charge is 0.464 e. The van der Waals surface area contributed by atoms with Gasteiger partial charge in [-0.15, -0.1) is 10.2 Å². The Hall–Kier alpha value is -2.20. The molecule has 1 N–H and O–H groups in total. The Morgan fingerprint density at radius 2 is 2.24 bits per heavy atom. The number of thioether (sulfide) groups is 1. The first-order chi connectivity index (χ1) is 12.0. The summed E-state index contributed by atoms with van der Waals surface area (Å²) in [5.74, 6) is 0.0960. The molecule has 2 aromatic rings. The van der Waals surface area contributed by atoms with Crippen LogP contribution in [-0.4, -0.2) is 22.1 Å². The molecule has 10 heteroatoms. The van der Waals surface area contributed by atoms with Crippen molar-refractivity contribution in [2.75, 3.05) is 5.32 Å². The monoisotopic (exact) mass is 381 g/mol. The maximum atomic E-state index is 12.0. The summed E-state index contributed by atoms with van der Waals surface area (Å²) in [6.45, 7) is 1.75. The number of hydrogen-bond donors (Lipinski definition) is 1. The Kier molecular flexibility index (Phi) is 5.49. The van der Waals surface area contributed by atoms with Gasteiger partial charge in [-0.1, -0.05) is 30.0 Å². The highest BCUT2D eigenvalue weighted by Gasteiger charge is 2.32. The van der Waals surface area contributed by atoms with Crippen LogP contribution < -0.4 is 15.5 Å². The Balaban J connectivity index is 1.56. The van der Waals surface area contributed by atoms with Gasteiger partial charge in [0.15, 0.2) is 4.34 Å². The summed E-state index contributed by atoms with van der Waals surface area (Å²) in [7, 11) is 0. The number of carbonyl (C=O) groups excluding carboxylic acids is 2. The zero-order chi connectivity index (χ0) is 17.8. The highest BCUT2D eigenvalue weighted by atomic mass is 32.2. The van der Waals surface area contributed by atoms with E-state index in [1.807, 2.05) is 0 Å². The molecule has 0 bridgehead atoms. The van der Waals surface area contributed by atoms with Crippen molar-refractivity contribution in [3.8, 4) is 5.75 Å². The van der Waals surface area contributed by atoms with E-state index >= 15 is 0 Å². The second-order valence-electron chi connectivity index (χ2n) is 5.33. The number of esters is 1. The van der Waals surface area contributed by atoms with Crippen LogP contribution in [0.15, 0.2) is 25.9 Å². The molecule has 1 fully saturated rings. The van der Waals surface area contributed by atoms with Crippen molar-refractivity contribution >= 4 is 40.1 Å². The van der Waals surface area contributed by atoms with Crippen LogP contribution in [0, 0.1) is 5.92 Å². The molecule has 1 aliphatic rings. The summed E-state index contributed by atoms with van der Waals surface area (Å²) in [6.07, 6.45) is 3.14. The van der Waals surface area contributed by atoms with Gasteiger partial charge in [-0.2, -0.15) is 0 Å². The summed E-state index contributed by atoms with van der Waals surface area (Å²) >= 11 is 2.57. The molecule has 3 rings (SSSR count). The average molecular weight is 381 g/mol. The molecule has 0 spiro atoms. The molecule has 0 aromatic carbocycles. The molecule has 1 aliphatic carbocycles. The number of nitrogens with one attached hydrogen (secondary N) is 1. The van der Waals surface area contributed by atoms with Crippen LogP contribution in [0.1, 0.15) is 31.9 Å². The lowest BCUT2D eigenvalue weighted by atomic mass is 10.4. The van der Waals surface area contributed by atoms with Crippen LogP contribution in [0.4, 0.5) is 5.13 Å². The first kappa shape index (κ1) is 17.6. The fourth-order valence-corrected chi connectivity index (χ4v) is 3.42. The molecule has 0 radical (unpaired) electrons. The van der Waals surface area contributed by atoms with Gasteiger partial charge >= 0.3 is 5.97 Å². The SMILES string of the molecule is CCC(=O)Nc1nnc(SCc2cc(=O)c(OC(=O)C3CC3)co2)s1. The maximum absolute atomic E-state index is 12.0. The predicted octanol–water partition coefficient (Wildman–Crippen LogP) is 2.45. The van der Waals surface area contributed by atoms with Gasteiger partial charge in [0.05, 0.1) is 11.7 Å². The Morgan fingerprint density at radius 3 is 2.92 bits per heavy atom. The molecular formula is C15H15N3O5S2. The Morgan fingerprint density at radius 1 is 1.44 bits per heavy atom. The van der Waals surface area contributed by atoms with Crippen LogP contribution in [0.25, 0.3) is 0 Å². The van der Waals surface area contributed by atoms with Crippen molar-refractivity contribution in [3.05, 3.63) is 28.3 Å². The van der Waals surface area contributed by atoms with Gasteiger partial charge in [-0.25, -0.2) is 0 Å². The lowest BCUT2D eigenvalue weighted by Crippen LogP contribution is -2.15. The molecule has 2 aromatic heterocycles. The summed E-state index contributed by atoms with van der Waals surface area (Å²) in [6, 6.07) is 1.29. The first-order valence-electron chi connectivity index (χ1n) is 7.64. The van der Waals surface area contributed by atoms with Gasteiger partial charge in [-0.3, -0.25) is 14.4 Å². The van der Waals surface area contributed by atoms with Crippen LogP contribution in [0.2, 0.25) is 0 Å². The fraction of sp³-hybridized carbons (Fsp3) is 0.400. The molecule has 0 atom stereocenters. The van der Waals surface area contributed by atoms with E-state index in [2.05, 4.69) is 15.5 Å². The number of nitrogens with zero attached hydrogens (tertiary/aromatic N) is 2. The van der Waals surface area contributed by atoms with Gasteiger partial charge in [0.1, 0.15) is 12.0 Å². The molecule has 0 unspecified atom stereocenters. The van der Waals surface area contributed by atoms with E-state index in [1.54, 1.807) is 6.92 Å². The smallest absolute Gasteiger partial charge is 0.314 e. The summed E-state index contributed by atoms with van der Waals surface area (Å²) in [5.41, 5.74) is -0.399. The standard InChI is InChI=1S/C15H15N3O5S2/c1-2-12(20)16-14-17-18-15(25-14)24-7-9-5-10(19)11(6-22-9)23-13(21)8-3-4-8/h5-6,8H,2-4,7H2,1H3,(H,16,17,20). The third kappa shape index (κ3) is 4.89. The second kappa shape index (κ2) is 7.79. The normalized spacial score (nSPS) is 13.5. The van der Waals surface area contributed by atoms with E-state index < -0.39 is 5.43 Å². The topological polar surface area (TPSA) is 111 Å². The minimum atomic E-state index is -0.399. The van der Waals surface area contributed by atoms with Crippen LogP contribution in [0.5, 0.6) is 5.75 Å². The van der Waals surface area contributed by atoms with Crippen molar-refractivity contribution in [2.24, 2.45) is 5.92 Å². The van der Waals surface area contributed by atoms with Crippen LogP contribution >= 0.6 is 23.1 Å². The summed E-state index contributed by atoms with van der Waals surface area (Å²) < 4.78 is 11.0. The minimum absolute atomic E-state index is 0.0885. The summed E-state index contributed by atoms with van der Waals surface area (Å²) in [5, 5.41) is 10.9. The Labute approximate surface area is 151 Å². The van der Waals surface area contributed by atoms with Gasteiger partial charge in [0, 0.05) is 12.5 Å². The lowest BCUT2D eigenvalue weighted by molar-refractivity contribution is -0.136. The van der Waals surface area contributed by atoms with Crippen LogP contribution in [0.3, 0.4) is 0 Å². The number of aromatic nitrogens is 2. The fourth-order valence-electron chi connectivity index (χ4n) is 1.76. The predicted molar refractivity (Wildman–Crippen MR) is 91.7 cm³/mol. The third-order valence-corrected chi connectivity index (χ3v) is 5.28. The van der Waals surface area contributed by atoms with E-state index in [9.17, 15) is 14.4 Å². The van der Waals surface area contributed by atoms with Crippen molar-refractivity contribution < 1.29 is 18.7 Å². The third-order valence-electron chi connectivity index (χ3n) is 3.29. The van der Waals surface area contributed by atoms with Crippen molar-refractivity contribution in [1.29, 1.82) is 0 Å². The van der Waals surface area contributed by atoms with Gasteiger partial charge < -0.3 is 14.5 Å². The van der Waals surface area contributed by atoms with Crippen molar-refractivity contribution in [2.45, 2.75) is 36.3 Å². The van der Waals surface area contributed by atoms with Crippen molar-refractivity contribution in [3.63, 3.8) is 0 Å². The Bertz CT molecular complexity index is 844. The molecule has 0 saturated heterocycles. The van der Waals surface area contributed by atoms with Crippen LogP contribution in [-0.2, 0) is 15.3 Å². The average Bonchev–Trinajstić information content (AvgIpc) is 3.36. The van der Waals surface area contributed by atoms with E-state index in [-0.39, 0.29) is 23.5 Å². The minimum Gasteiger partial charge on any atom is -0.464 e. The highest BCUT2D eigenvalue weighted by molar-refractivity contribution is 8.00. The molecule has 8 nitrogen and oxygen atoms in total. The number of carbonyl (C=O) groups is 2. The number of anilines is 1. The van der Waals surface area contributed by atoms with Crippen molar-refractivity contribution in [1.82, 2.24) is 10.2 Å². The molecular weight excluding hydrogens is 366 g/mol. The van der Waals surface area contributed by atoms with E-state index in [1.165, 1.54) is 29.2 Å². The van der Waals surface area contributed by atoms with E-state index in [0.717, 1.165) is 19.1 Å². The molecule has 1 saturated carbocycles. The second-order valence-corrected chi connectivity index (χ2v) is 7.53. The van der Waals surface area contributed by atoms with E-state index in [4.69, 9.17) is 9.15 Å². The first-order valence-corrected chi connectivity index (χ1v) is 9.45. The quantitative estimate of drug-likeness (QED) is 0.442. The van der Waals surface area contributed by atoms with Gasteiger partial charge in [-0.05, 0) is 12.8 Å². The van der Waals surface area contributed by atoms with Gasteiger partial charge in [0.2, 0.25) is 22.2 Å². The number of ether oxygens (including phenoxy) is 1. The number of amides is 1. The molecule has 2 heterocycles. The molecule has 0 aliphatic heterocycles. The molecule has 25 heavy (non-hydrogen) atoms.